The van der Waals surface area contributed by atoms with Gasteiger partial charge in [0.1, 0.15) is 18.1 Å². The molecule has 0 aromatic rings. The lowest BCUT2D eigenvalue weighted by atomic mass is 9.99. The molecule has 1 saturated heterocycles. The van der Waals surface area contributed by atoms with Crippen molar-refractivity contribution in [1.82, 2.24) is 15.5 Å². The van der Waals surface area contributed by atoms with E-state index in [2.05, 4.69) is 10.6 Å². The SMILES string of the molecule is CCC(C)C(N)C(=O)NC(CC(N)=O)C(=O)NC(CC(N)=O)C(=O)N1CCCC1C(=O)O. The Kier molecular flexibility index (Phi) is 10.0. The van der Waals surface area contributed by atoms with E-state index >= 15 is 0 Å². The van der Waals surface area contributed by atoms with Gasteiger partial charge in [0.2, 0.25) is 29.5 Å². The molecule has 5 unspecified atom stereocenters. The molecule has 0 spiro atoms. The molecule has 13 heteroatoms. The number of rotatable bonds is 12. The van der Waals surface area contributed by atoms with Gasteiger partial charge in [-0.3, -0.25) is 24.0 Å². The number of nitrogens with zero attached hydrogens (tertiary/aromatic N) is 1. The first-order valence-corrected chi connectivity index (χ1v) is 10.3. The monoisotopic (exact) mass is 456 g/mol. The highest BCUT2D eigenvalue weighted by Gasteiger charge is 2.39. The summed E-state index contributed by atoms with van der Waals surface area (Å²) in [6.45, 7) is 3.70. The minimum absolute atomic E-state index is 0.131. The molecule has 1 fully saturated rings. The summed E-state index contributed by atoms with van der Waals surface area (Å²) in [5.74, 6) is -5.68. The summed E-state index contributed by atoms with van der Waals surface area (Å²) in [6.07, 6.45) is 0.0811. The van der Waals surface area contributed by atoms with E-state index in [9.17, 15) is 33.9 Å². The molecule has 0 aliphatic carbocycles. The Morgan fingerprint density at radius 2 is 1.53 bits per heavy atom. The number of hydrogen-bond donors (Lipinski definition) is 6. The quantitative estimate of drug-likeness (QED) is 0.179. The minimum atomic E-state index is -1.48. The molecule has 1 rings (SSSR count). The number of likely N-dealkylation sites (tertiary alicyclic amines) is 1. The Labute approximate surface area is 185 Å². The Balaban J connectivity index is 3.03. The molecule has 13 nitrogen and oxygen atoms in total. The second kappa shape index (κ2) is 12.0. The number of hydrogen-bond acceptors (Lipinski definition) is 7. The van der Waals surface area contributed by atoms with Gasteiger partial charge in [-0.15, -0.1) is 0 Å². The van der Waals surface area contributed by atoms with Crippen LogP contribution in [0, 0.1) is 5.92 Å². The number of carboxylic acid groups (broad SMARTS) is 1. The van der Waals surface area contributed by atoms with E-state index in [1.54, 1.807) is 6.92 Å². The van der Waals surface area contributed by atoms with Crippen LogP contribution in [0.2, 0.25) is 0 Å². The largest absolute Gasteiger partial charge is 0.480 e. The normalized spacial score (nSPS) is 19.3. The van der Waals surface area contributed by atoms with Crippen molar-refractivity contribution in [3.63, 3.8) is 0 Å². The first-order valence-electron chi connectivity index (χ1n) is 10.3. The Hall–Kier alpha value is -3.22. The third-order valence-corrected chi connectivity index (χ3v) is 5.44. The zero-order valence-corrected chi connectivity index (χ0v) is 18.2. The number of carbonyl (C=O) groups excluding carboxylic acids is 5. The molecule has 1 aliphatic heterocycles. The average Bonchev–Trinajstić information content (AvgIpc) is 3.20. The van der Waals surface area contributed by atoms with Crippen molar-refractivity contribution in [3.05, 3.63) is 0 Å². The highest BCUT2D eigenvalue weighted by Crippen LogP contribution is 2.19. The van der Waals surface area contributed by atoms with Gasteiger partial charge >= 0.3 is 5.97 Å². The molecule has 1 heterocycles. The summed E-state index contributed by atoms with van der Waals surface area (Å²) in [5.41, 5.74) is 16.2. The number of primary amides is 2. The fraction of sp³-hybridized carbons (Fsp3) is 0.684. The van der Waals surface area contributed by atoms with Crippen LogP contribution < -0.4 is 27.8 Å². The van der Waals surface area contributed by atoms with E-state index in [0.29, 0.717) is 12.8 Å². The van der Waals surface area contributed by atoms with E-state index in [1.165, 1.54) is 0 Å². The van der Waals surface area contributed by atoms with Crippen molar-refractivity contribution < 1.29 is 33.9 Å². The maximum atomic E-state index is 12.9. The molecule has 0 bridgehead atoms. The molecule has 0 radical (unpaired) electrons. The summed E-state index contributed by atoms with van der Waals surface area (Å²) in [6, 6.07) is -4.97. The molecular weight excluding hydrogens is 424 g/mol. The van der Waals surface area contributed by atoms with Crippen LogP contribution in [0.3, 0.4) is 0 Å². The molecule has 0 saturated carbocycles. The standard InChI is InChI=1S/C19H32N6O7/c1-3-9(2)15(22)17(29)23-10(7-13(20)26)16(28)24-11(8-14(21)27)18(30)25-6-4-5-12(25)19(31)32/h9-12,15H,3-8,22H2,1-2H3,(H2,20,26)(H2,21,27)(H,23,29)(H,24,28)(H,31,32). The maximum Gasteiger partial charge on any atom is 0.326 e. The Morgan fingerprint density at radius 3 is 2.03 bits per heavy atom. The van der Waals surface area contributed by atoms with Crippen LogP contribution in [0.1, 0.15) is 46.0 Å². The van der Waals surface area contributed by atoms with Crippen molar-refractivity contribution in [2.75, 3.05) is 6.54 Å². The van der Waals surface area contributed by atoms with Gasteiger partial charge in [0.15, 0.2) is 0 Å². The van der Waals surface area contributed by atoms with Gasteiger partial charge < -0.3 is 37.8 Å². The molecule has 180 valence electrons. The van der Waals surface area contributed by atoms with Crippen LogP contribution in [0.4, 0.5) is 0 Å². The summed E-state index contributed by atoms with van der Waals surface area (Å²) in [7, 11) is 0. The number of carboxylic acids is 1. The summed E-state index contributed by atoms with van der Waals surface area (Å²) in [4.78, 5) is 73.4. The third kappa shape index (κ3) is 7.48. The molecule has 9 N–H and O–H groups in total. The van der Waals surface area contributed by atoms with E-state index in [4.69, 9.17) is 17.2 Å². The van der Waals surface area contributed by atoms with Crippen LogP contribution >= 0.6 is 0 Å². The molecule has 32 heavy (non-hydrogen) atoms. The Bertz CT molecular complexity index is 758. The number of amides is 5. The zero-order valence-electron chi connectivity index (χ0n) is 18.2. The van der Waals surface area contributed by atoms with Gasteiger partial charge in [-0.2, -0.15) is 0 Å². The van der Waals surface area contributed by atoms with Gasteiger partial charge in [-0.05, 0) is 18.8 Å². The molecule has 1 aliphatic rings. The second-order valence-corrected chi connectivity index (χ2v) is 7.90. The van der Waals surface area contributed by atoms with Gasteiger partial charge in [0.25, 0.3) is 0 Å². The number of carbonyl (C=O) groups is 6. The van der Waals surface area contributed by atoms with Gasteiger partial charge in [0.05, 0.1) is 18.9 Å². The van der Waals surface area contributed by atoms with Crippen LogP contribution in [-0.2, 0) is 28.8 Å². The lowest BCUT2D eigenvalue weighted by molar-refractivity contribution is -0.149. The number of aliphatic carboxylic acids is 1. The second-order valence-electron chi connectivity index (χ2n) is 7.90. The van der Waals surface area contributed by atoms with Crippen LogP contribution in [0.25, 0.3) is 0 Å². The minimum Gasteiger partial charge on any atom is -0.480 e. The van der Waals surface area contributed by atoms with Crippen LogP contribution in [0.5, 0.6) is 0 Å². The highest BCUT2D eigenvalue weighted by atomic mass is 16.4. The lowest BCUT2D eigenvalue weighted by Gasteiger charge is -2.28. The van der Waals surface area contributed by atoms with Crippen molar-refractivity contribution in [3.8, 4) is 0 Å². The van der Waals surface area contributed by atoms with E-state index in [-0.39, 0.29) is 18.9 Å². The van der Waals surface area contributed by atoms with E-state index < -0.39 is 72.5 Å². The smallest absolute Gasteiger partial charge is 0.326 e. The van der Waals surface area contributed by atoms with E-state index in [0.717, 1.165) is 4.90 Å². The molecular formula is C19H32N6O7. The fourth-order valence-corrected chi connectivity index (χ4v) is 3.35. The first kappa shape index (κ1) is 26.8. The van der Waals surface area contributed by atoms with E-state index in [1.807, 2.05) is 6.92 Å². The molecule has 5 amide bonds. The van der Waals surface area contributed by atoms with Gasteiger partial charge in [0, 0.05) is 6.54 Å². The summed E-state index contributed by atoms with van der Waals surface area (Å²) >= 11 is 0. The van der Waals surface area contributed by atoms with Crippen molar-refractivity contribution in [2.24, 2.45) is 23.1 Å². The van der Waals surface area contributed by atoms with Crippen molar-refractivity contribution in [1.29, 1.82) is 0 Å². The molecule has 0 aromatic heterocycles. The lowest BCUT2D eigenvalue weighted by Crippen LogP contribution is -2.58. The topological polar surface area (TPSA) is 228 Å². The van der Waals surface area contributed by atoms with Crippen molar-refractivity contribution in [2.45, 2.75) is 70.1 Å². The summed E-state index contributed by atoms with van der Waals surface area (Å²) < 4.78 is 0. The third-order valence-electron chi connectivity index (χ3n) is 5.44. The van der Waals surface area contributed by atoms with Gasteiger partial charge in [-0.1, -0.05) is 20.3 Å². The predicted molar refractivity (Wildman–Crippen MR) is 111 cm³/mol. The highest BCUT2D eigenvalue weighted by molar-refractivity contribution is 5.97. The molecule has 0 aromatic carbocycles. The van der Waals surface area contributed by atoms with Crippen LogP contribution in [0.15, 0.2) is 0 Å². The van der Waals surface area contributed by atoms with Crippen molar-refractivity contribution >= 4 is 35.5 Å². The number of nitrogens with one attached hydrogen (secondary N) is 2. The zero-order chi connectivity index (χ0) is 24.6. The first-order chi connectivity index (χ1) is 14.9. The van der Waals surface area contributed by atoms with Gasteiger partial charge in [-0.25, -0.2) is 4.79 Å². The maximum absolute atomic E-state index is 12.9. The number of nitrogens with two attached hydrogens (primary N) is 3. The average molecular weight is 457 g/mol. The van der Waals surface area contributed by atoms with Crippen LogP contribution in [-0.4, -0.2) is 76.2 Å². The summed E-state index contributed by atoms with van der Waals surface area (Å²) in [5, 5.41) is 13.9. The molecule has 5 atom stereocenters. The Morgan fingerprint density at radius 1 is 1.00 bits per heavy atom. The predicted octanol–water partition coefficient (Wildman–Crippen LogP) is -2.84. The fourth-order valence-electron chi connectivity index (χ4n) is 3.35.